The minimum absolute atomic E-state index is 0.316. The number of benzene rings is 1. The number of carbonyl (C=O) groups is 1. The highest BCUT2D eigenvalue weighted by Gasteiger charge is 2.71. The number of rotatable bonds is 2. The number of hydrogen-bond donors (Lipinski definition) is 1. The van der Waals surface area contributed by atoms with Gasteiger partial charge in [0.1, 0.15) is 0 Å². The zero-order valence-corrected chi connectivity index (χ0v) is 13.6. The van der Waals surface area contributed by atoms with Crippen molar-refractivity contribution < 1.29 is 14.6 Å². The van der Waals surface area contributed by atoms with Gasteiger partial charge in [-0.15, -0.1) is 0 Å². The van der Waals surface area contributed by atoms with Crippen molar-refractivity contribution in [2.75, 3.05) is 7.11 Å². The Morgan fingerprint density at radius 3 is 2.35 bits per heavy atom. The third-order valence-electron chi connectivity index (χ3n) is 7.40. The van der Waals surface area contributed by atoms with Gasteiger partial charge in [-0.25, -0.2) is 4.79 Å². The highest BCUT2D eigenvalue weighted by atomic mass is 16.5. The summed E-state index contributed by atoms with van der Waals surface area (Å²) in [5.74, 6) is 2.68. The van der Waals surface area contributed by atoms with Gasteiger partial charge in [0.25, 0.3) is 0 Å². The lowest BCUT2D eigenvalue weighted by Gasteiger charge is -2.73. The second kappa shape index (κ2) is 4.38. The largest absolute Gasteiger partial charge is 0.465 e. The molecule has 1 spiro atoms. The molecule has 4 atom stereocenters. The molecule has 1 N–H and O–H groups in total. The van der Waals surface area contributed by atoms with E-state index in [1.165, 1.54) is 39.2 Å². The molecule has 23 heavy (non-hydrogen) atoms. The van der Waals surface area contributed by atoms with Gasteiger partial charge in [0.05, 0.1) is 18.3 Å². The van der Waals surface area contributed by atoms with E-state index in [0.717, 1.165) is 23.8 Å². The van der Waals surface area contributed by atoms with Gasteiger partial charge in [-0.3, -0.25) is 0 Å². The van der Waals surface area contributed by atoms with E-state index in [1.54, 1.807) is 12.1 Å². The number of aliphatic hydroxyl groups is 1. The lowest BCUT2D eigenvalue weighted by atomic mass is 9.33. The minimum Gasteiger partial charge on any atom is -0.465 e. The first-order chi connectivity index (χ1) is 11.0. The zero-order chi connectivity index (χ0) is 15.8. The van der Waals surface area contributed by atoms with E-state index in [-0.39, 0.29) is 5.97 Å². The third-order valence-corrected chi connectivity index (χ3v) is 7.40. The van der Waals surface area contributed by atoms with Crippen molar-refractivity contribution in [2.24, 2.45) is 29.1 Å². The predicted molar refractivity (Wildman–Crippen MR) is 85.8 cm³/mol. The fraction of sp³-hybridized carbons (Fsp3) is 0.650. The standard InChI is InChI=1S/C20H24O3/c1-23-18(21)14-2-4-16(5-3-14)20(22)11-19-9-12-6-13(10-19)8-15(7-12)17(19)20/h2-5,12-13,15,17,22H,6-11H2,1H3/t12?,13?,15?,17?,19?,20-/m0/s1. The van der Waals surface area contributed by atoms with E-state index >= 15 is 0 Å². The van der Waals surface area contributed by atoms with Crippen molar-refractivity contribution >= 4 is 5.97 Å². The highest BCUT2D eigenvalue weighted by molar-refractivity contribution is 5.89. The van der Waals surface area contributed by atoms with Gasteiger partial charge in [0.2, 0.25) is 0 Å². The molecule has 0 aromatic heterocycles. The van der Waals surface area contributed by atoms with Crippen LogP contribution in [0.25, 0.3) is 0 Å². The molecule has 0 saturated heterocycles. The first-order valence-electron chi connectivity index (χ1n) is 8.95. The highest BCUT2D eigenvalue weighted by Crippen LogP contribution is 2.76. The number of carbonyl (C=O) groups excluding carboxylic acids is 1. The van der Waals surface area contributed by atoms with Crippen LogP contribution in [-0.4, -0.2) is 18.2 Å². The predicted octanol–water partition coefficient (Wildman–Crippen LogP) is 3.51. The zero-order valence-electron chi connectivity index (χ0n) is 13.6. The van der Waals surface area contributed by atoms with Crippen molar-refractivity contribution in [3.8, 4) is 0 Å². The van der Waals surface area contributed by atoms with E-state index in [0.29, 0.717) is 22.8 Å². The molecular formula is C20H24O3. The van der Waals surface area contributed by atoms with Crippen LogP contribution in [0.3, 0.4) is 0 Å². The van der Waals surface area contributed by atoms with E-state index in [2.05, 4.69) is 0 Å². The molecule has 1 aromatic rings. The van der Waals surface area contributed by atoms with Gasteiger partial charge in [-0.1, -0.05) is 12.1 Å². The maximum atomic E-state index is 11.6. The summed E-state index contributed by atoms with van der Waals surface area (Å²) in [6.45, 7) is 0. The van der Waals surface area contributed by atoms with Crippen molar-refractivity contribution in [2.45, 2.75) is 44.1 Å². The molecule has 3 heteroatoms. The van der Waals surface area contributed by atoms with Crippen LogP contribution in [0, 0.1) is 29.1 Å². The molecule has 5 saturated carbocycles. The molecule has 6 rings (SSSR count). The molecule has 1 aromatic carbocycles. The first kappa shape index (κ1) is 14.0. The van der Waals surface area contributed by atoms with Crippen LogP contribution in [0.2, 0.25) is 0 Å². The number of esters is 1. The Bertz CT molecular complexity index is 650. The van der Waals surface area contributed by atoms with Crippen molar-refractivity contribution in [1.82, 2.24) is 0 Å². The van der Waals surface area contributed by atoms with Gasteiger partial charge in [0, 0.05) is 5.92 Å². The smallest absolute Gasteiger partial charge is 0.337 e. The van der Waals surface area contributed by atoms with Crippen LogP contribution < -0.4 is 0 Å². The molecule has 5 aliphatic rings. The van der Waals surface area contributed by atoms with Crippen molar-refractivity contribution in [1.29, 1.82) is 0 Å². The van der Waals surface area contributed by atoms with Crippen LogP contribution in [-0.2, 0) is 10.3 Å². The van der Waals surface area contributed by atoms with Crippen LogP contribution >= 0.6 is 0 Å². The lowest BCUT2D eigenvalue weighted by Crippen LogP contribution is -2.69. The quantitative estimate of drug-likeness (QED) is 0.850. The molecule has 0 radical (unpaired) electrons. The summed E-state index contributed by atoms with van der Waals surface area (Å²) in [5, 5.41) is 11.4. The summed E-state index contributed by atoms with van der Waals surface area (Å²) in [6, 6.07) is 7.45. The number of ether oxygens (including phenoxy) is 1. The summed E-state index contributed by atoms with van der Waals surface area (Å²) in [7, 11) is 1.40. The molecule has 4 bridgehead atoms. The maximum absolute atomic E-state index is 11.6. The maximum Gasteiger partial charge on any atom is 0.337 e. The van der Waals surface area contributed by atoms with Gasteiger partial charge in [-0.2, -0.15) is 0 Å². The summed E-state index contributed by atoms with van der Waals surface area (Å²) >= 11 is 0. The Labute approximate surface area is 137 Å². The summed E-state index contributed by atoms with van der Waals surface area (Å²) in [5.41, 5.74) is 1.30. The van der Waals surface area contributed by atoms with E-state index < -0.39 is 5.60 Å². The second-order valence-corrected chi connectivity index (χ2v) is 8.62. The number of methoxy groups -OCH3 is 1. The topological polar surface area (TPSA) is 46.5 Å². The van der Waals surface area contributed by atoms with Crippen LogP contribution in [0.15, 0.2) is 24.3 Å². The third kappa shape index (κ3) is 1.72. The van der Waals surface area contributed by atoms with Crippen LogP contribution in [0.1, 0.15) is 54.4 Å². The minimum atomic E-state index is -0.674. The molecule has 0 aliphatic heterocycles. The van der Waals surface area contributed by atoms with Crippen molar-refractivity contribution in [3.63, 3.8) is 0 Å². The van der Waals surface area contributed by atoms with Gasteiger partial charge < -0.3 is 9.84 Å². The molecule has 5 aliphatic carbocycles. The van der Waals surface area contributed by atoms with Crippen LogP contribution in [0.4, 0.5) is 0 Å². The summed E-state index contributed by atoms with van der Waals surface area (Å²) in [4.78, 5) is 11.6. The van der Waals surface area contributed by atoms with E-state index in [9.17, 15) is 9.90 Å². The fourth-order valence-corrected chi connectivity index (χ4v) is 7.17. The molecule has 3 nitrogen and oxygen atoms in total. The van der Waals surface area contributed by atoms with Gasteiger partial charge in [-0.05, 0) is 79.4 Å². The Kier molecular flexibility index (Phi) is 2.67. The van der Waals surface area contributed by atoms with Crippen molar-refractivity contribution in [3.05, 3.63) is 35.4 Å². The van der Waals surface area contributed by atoms with Gasteiger partial charge >= 0.3 is 5.97 Å². The molecule has 5 fully saturated rings. The molecular weight excluding hydrogens is 288 g/mol. The summed E-state index contributed by atoms with van der Waals surface area (Å²) < 4.78 is 4.76. The normalized spacial score (nSPS) is 46.2. The summed E-state index contributed by atoms with van der Waals surface area (Å²) in [6.07, 6.45) is 7.69. The average molecular weight is 312 g/mol. The molecule has 122 valence electrons. The fourth-order valence-electron chi connectivity index (χ4n) is 7.17. The Balaban J connectivity index is 1.47. The second-order valence-electron chi connectivity index (χ2n) is 8.62. The molecule has 3 unspecified atom stereocenters. The average Bonchev–Trinajstić information content (AvgIpc) is 2.52. The molecule has 0 heterocycles. The Morgan fingerprint density at radius 1 is 1.13 bits per heavy atom. The monoisotopic (exact) mass is 312 g/mol. The number of hydrogen-bond acceptors (Lipinski definition) is 3. The van der Waals surface area contributed by atoms with Gasteiger partial charge in [0.15, 0.2) is 0 Å². The van der Waals surface area contributed by atoms with E-state index in [4.69, 9.17) is 4.74 Å². The first-order valence-corrected chi connectivity index (χ1v) is 8.95. The van der Waals surface area contributed by atoms with Crippen LogP contribution in [0.5, 0.6) is 0 Å². The lowest BCUT2D eigenvalue weighted by molar-refractivity contribution is -0.292. The SMILES string of the molecule is COC(=O)c1ccc([C@@]2(O)CC34CC5CC(CC(C5)C32)C4)cc1. The Hall–Kier alpha value is -1.35. The Morgan fingerprint density at radius 2 is 1.78 bits per heavy atom. The van der Waals surface area contributed by atoms with E-state index in [1.807, 2.05) is 12.1 Å². The molecule has 0 amide bonds.